The number of rotatable bonds is 5. The highest BCUT2D eigenvalue weighted by Gasteiger charge is 2.32. The lowest BCUT2D eigenvalue weighted by Gasteiger charge is -2.31. The second-order valence-electron chi connectivity index (χ2n) is 7.11. The molecule has 0 amide bonds. The number of hydrogen-bond donors (Lipinski definition) is 0. The van der Waals surface area contributed by atoms with Gasteiger partial charge >= 0.3 is 0 Å². The van der Waals surface area contributed by atoms with E-state index >= 15 is 0 Å². The molecular weight excluding hydrogens is 431 g/mol. The van der Waals surface area contributed by atoms with Gasteiger partial charge in [0.1, 0.15) is 5.82 Å². The van der Waals surface area contributed by atoms with Crippen LogP contribution in [0.2, 0.25) is 5.02 Å². The highest BCUT2D eigenvalue weighted by molar-refractivity contribution is 7.92. The Hall–Kier alpha value is -1.96. The van der Waals surface area contributed by atoms with Gasteiger partial charge in [-0.2, -0.15) is 0 Å². The number of sulfone groups is 1. The summed E-state index contributed by atoms with van der Waals surface area (Å²) in [5.74, 6) is -0.528. The van der Waals surface area contributed by atoms with E-state index in [1.807, 2.05) is 29.6 Å². The fourth-order valence-corrected chi connectivity index (χ4v) is 6.29. The van der Waals surface area contributed by atoms with Gasteiger partial charge in [0.2, 0.25) is 0 Å². The smallest absolute Gasteiger partial charge is 0.185 e. The zero-order valence-corrected chi connectivity index (χ0v) is 18.0. The van der Waals surface area contributed by atoms with Crippen LogP contribution in [0.3, 0.4) is 0 Å². The third-order valence-electron chi connectivity index (χ3n) is 5.11. The molecule has 1 fully saturated rings. The highest BCUT2D eigenvalue weighted by atomic mass is 35.5. The van der Waals surface area contributed by atoms with Gasteiger partial charge in [-0.1, -0.05) is 29.8 Å². The lowest BCUT2D eigenvalue weighted by Crippen LogP contribution is -2.39. The van der Waals surface area contributed by atoms with Crippen molar-refractivity contribution in [3.8, 4) is 0 Å². The van der Waals surface area contributed by atoms with Gasteiger partial charge in [0.25, 0.3) is 0 Å². The molecule has 0 radical (unpaired) electrons. The largest absolute Gasteiger partial charge is 0.348 e. The average molecular weight is 451 g/mol. The first-order valence-electron chi connectivity index (χ1n) is 9.35. The van der Waals surface area contributed by atoms with Gasteiger partial charge in [-0.15, -0.1) is 11.3 Å². The van der Waals surface area contributed by atoms with E-state index < -0.39 is 20.9 Å². The minimum atomic E-state index is -3.52. The molecule has 1 aliphatic rings. The van der Waals surface area contributed by atoms with Gasteiger partial charge in [0.05, 0.1) is 15.8 Å². The predicted molar refractivity (Wildman–Crippen MR) is 115 cm³/mol. The van der Waals surface area contributed by atoms with Crippen molar-refractivity contribution >= 4 is 37.9 Å². The molecule has 1 saturated heterocycles. The number of aromatic nitrogens is 1. The molecule has 0 saturated carbocycles. The molecule has 8 heteroatoms. The van der Waals surface area contributed by atoms with Crippen LogP contribution in [0.25, 0.3) is 0 Å². The molecule has 2 heterocycles. The van der Waals surface area contributed by atoms with Crippen molar-refractivity contribution in [1.29, 1.82) is 0 Å². The molecular formula is C21H20ClFN2O2S2. The van der Waals surface area contributed by atoms with Crippen molar-refractivity contribution in [2.75, 3.05) is 18.0 Å². The van der Waals surface area contributed by atoms with Crippen LogP contribution in [0.4, 0.5) is 9.52 Å². The summed E-state index contributed by atoms with van der Waals surface area (Å²) in [7, 11) is -3.52. The van der Waals surface area contributed by atoms with Crippen LogP contribution >= 0.6 is 22.9 Å². The lowest BCUT2D eigenvalue weighted by molar-refractivity contribution is 0.528. The summed E-state index contributed by atoms with van der Waals surface area (Å²) in [6.07, 6.45) is 1.74. The zero-order valence-electron chi connectivity index (χ0n) is 15.6. The fourth-order valence-electron chi connectivity index (χ4n) is 3.53. The molecule has 0 aliphatic carbocycles. The predicted octanol–water partition coefficient (Wildman–Crippen LogP) is 4.97. The minimum absolute atomic E-state index is 0.0652. The molecule has 0 bridgehead atoms. The van der Waals surface area contributed by atoms with Crippen molar-refractivity contribution in [1.82, 2.24) is 4.98 Å². The summed E-state index contributed by atoms with van der Waals surface area (Å²) >= 11 is 7.50. The lowest BCUT2D eigenvalue weighted by atomic mass is 10.1. The monoisotopic (exact) mass is 450 g/mol. The van der Waals surface area contributed by atoms with Crippen LogP contribution in [-0.2, 0) is 16.3 Å². The quantitative estimate of drug-likeness (QED) is 0.550. The maximum Gasteiger partial charge on any atom is 0.185 e. The van der Waals surface area contributed by atoms with E-state index in [0.29, 0.717) is 31.0 Å². The van der Waals surface area contributed by atoms with Gasteiger partial charge < -0.3 is 4.90 Å². The average Bonchev–Trinajstić information content (AvgIpc) is 3.18. The van der Waals surface area contributed by atoms with Crippen molar-refractivity contribution in [3.63, 3.8) is 0 Å². The molecule has 2 aromatic carbocycles. The van der Waals surface area contributed by atoms with Crippen molar-refractivity contribution in [2.24, 2.45) is 0 Å². The first-order valence-corrected chi connectivity index (χ1v) is 12.2. The summed E-state index contributed by atoms with van der Waals surface area (Å²) in [6, 6.07) is 13.0. The van der Waals surface area contributed by atoms with Crippen LogP contribution in [0.5, 0.6) is 0 Å². The van der Waals surface area contributed by atoms with E-state index in [1.54, 1.807) is 11.3 Å². The van der Waals surface area contributed by atoms with E-state index in [2.05, 4.69) is 4.90 Å². The Bertz CT molecular complexity index is 1090. The Morgan fingerprint density at radius 2 is 1.86 bits per heavy atom. The molecule has 0 N–H and O–H groups in total. The topological polar surface area (TPSA) is 50.3 Å². The Labute approximate surface area is 178 Å². The Balaban J connectivity index is 1.40. The Kier molecular flexibility index (Phi) is 5.90. The Morgan fingerprint density at radius 3 is 2.55 bits per heavy atom. The normalized spacial score (nSPS) is 15.6. The van der Waals surface area contributed by atoms with Crippen LogP contribution in [0, 0.1) is 5.82 Å². The third-order valence-corrected chi connectivity index (χ3v) is 8.58. The van der Waals surface area contributed by atoms with Crippen LogP contribution in [-0.4, -0.2) is 31.7 Å². The van der Waals surface area contributed by atoms with E-state index in [4.69, 9.17) is 16.6 Å². The molecule has 1 aliphatic heterocycles. The molecule has 0 spiro atoms. The van der Waals surface area contributed by atoms with Gasteiger partial charge in [-0.3, -0.25) is 0 Å². The van der Waals surface area contributed by atoms with E-state index in [-0.39, 0.29) is 4.90 Å². The second kappa shape index (κ2) is 8.42. The number of nitrogens with zero attached hydrogens (tertiary/aromatic N) is 2. The summed E-state index contributed by atoms with van der Waals surface area (Å²) in [5, 5.41) is 3.17. The van der Waals surface area contributed by atoms with E-state index in [9.17, 15) is 12.8 Å². The molecule has 152 valence electrons. The summed E-state index contributed by atoms with van der Waals surface area (Å²) in [5.41, 5.74) is 2.13. The number of thiazole rings is 1. The summed E-state index contributed by atoms with van der Waals surface area (Å²) < 4.78 is 39.1. The molecule has 1 aromatic heterocycles. The first-order chi connectivity index (χ1) is 13.9. The SMILES string of the molecule is O=S(=O)(c1cccc(F)c1)C1CCN(c2nc(Cc3ccc(Cl)cc3)cs2)CC1. The van der Waals surface area contributed by atoms with Crippen molar-refractivity contribution in [3.05, 3.63) is 76.0 Å². The third kappa shape index (κ3) is 4.63. The molecule has 29 heavy (non-hydrogen) atoms. The standard InChI is InChI=1S/C21H20ClFN2O2S2/c22-16-6-4-15(5-7-16)12-18-14-28-21(24-18)25-10-8-19(9-11-25)29(26,27)20-3-1-2-17(23)13-20/h1-7,13-14,19H,8-12H2. The van der Waals surface area contributed by atoms with Gasteiger partial charge in [-0.05, 0) is 48.7 Å². The highest BCUT2D eigenvalue weighted by Crippen LogP contribution is 2.30. The van der Waals surface area contributed by atoms with Gasteiger partial charge in [0, 0.05) is 29.9 Å². The number of benzene rings is 2. The van der Waals surface area contributed by atoms with Crippen LogP contribution in [0.1, 0.15) is 24.1 Å². The van der Waals surface area contributed by atoms with E-state index in [0.717, 1.165) is 28.9 Å². The molecule has 3 aromatic rings. The fraction of sp³-hybridized carbons (Fsp3) is 0.286. The Morgan fingerprint density at radius 1 is 1.14 bits per heavy atom. The molecule has 0 atom stereocenters. The second-order valence-corrected chi connectivity index (χ2v) is 10.6. The maximum absolute atomic E-state index is 13.4. The number of piperidine rings is 1. The molecule has 4 rings (SSSR count). The van der Waals surface area contributed by atoms with Crippen LogP contribution < -0.4 is 4.90 Å². The van der Waals surface area contributed by atoms with Crippen molar-refractivity contribution in [2.45, 2.75) is 29.4 Å². The van der Waals surface area contributed by atoms with Gasteiger partial charge in [-0.25, -0.2) is 17.8 Å². The number of halogens is 2. The maximum atomic E-state index is 13.4. The van der Waals surface area contributed by atoms with Gasteiger partial charge in [0.15, 0.2) is 15.0 Å². The van der Waals surface area contributed by atoms with Crippen molar-refractivity contribution < 1.29 is 12.8 Å². The first kappa shape index (κ1) is 20.3. The zero-order chi connectivity index (χ0) is 20.4. The van der Waals surface area contributed by atoms with E-state index in [1.165, 1.54) is 18.2 Å². The minimum Gasteiger partial charge on any atom is -0.348 e. The summed E-state index contributed by atoms with van der Waals surface area (Å²) in [6.45, 7) is 1.24. The molecule has 4 nitrogen and oxygen atoms in total. The molecule has 0 unspecified atom stereocenters. The number of hydrogen-bond acceptors (Lipinski definition) is 5. The van der Waals surface area contributed by atoms with Crippen LogP contribution in [0.15, 0.2) is 58.8 Å². The summed E-state index contributed by atoms with van der Waals surface area (Å²) in [4.78, 5) is 6.92. The number of anilines is 1.